The van der Waals surface area contributed by atoms with Gasteiger partial charge in [-0.1, -0.05) is 43.3 Å². The topological polar surface area (TPSA) is 120 Å². The Kier molecular flexibility index (Phi) is 7.42. The molecule has 0 radical (unpaired) electrons. The first kappa shape index (κ1) is 25.0. The molecule has 0 fully saturated rings. The van der Waals surface area contributed by atoms with Crippen molar-refractivity contribution in [3.05, 3.63) is 66.4 Å². The highest BCUT2D eigenvalue weighted by Gasteiger charge is 2.51. The van der Waals surface area contributed by atoms with Gasteiger partial charge in [0.1, 0.15) is 25.0 Å². The molecule has 188 valence electrons. The van der Waals surface area contributed by atoms with Gasteiger partial charge >= 0.3 is 5.97 Å². The van der Waals surface area contributed by atoms with Crippen LogP contribution in [0, 0.1) is 5.92 Å². The first-order chi connectivity index (χ1) is 17.3. The number of nitrogens with zero attached hydrogens (tertiary/aromatic N) is 2. The van der Waals surface area contributed by atoms with Gasteiger partial charge in [-0.05, 0) is 17.5 Å². The van der Waals surface area contributed by atoms with E-state index in [4.69, 9.17) is 14.0 Å². The maximum Gasteiger partial charge on any atom is 0.308 e. The molecular weight excluding hydrogens is 469 g/mol. The average molecular weight is 496 g/mol. The highest BCUT2D eigenvalue weighted by atomic mass is 19.1. The Morgan fingerprint density at radius 1 is 1.19 bits per heavy atom. The van der Waals surface area contributed by atoms with Crippen LogP contribution in [0.1, 0.15) is 37.9 Å². The lowest BCUT2D eigenvalue weighted by Crippen LogP contribution is -2.55. The number of oxime groups is 1. The number of alkyl halides is 1. The molecule has 0 spiro atoms. The number of Topliss-reactive ketones (excluding diaryl/α,β-unsaturated/α-hetero) is 1. The lowest BCUT2D eigenvalue weighted by atomic mass is 9.83. The summed E-state index contributed by atoms with van der Waals surface area (Å²) in [6.45, 7) is 2.13. The number of benzene rings is 1. The standard InChI is InChI=1S/C26H26FN3O6/c1-16(2)26(12-21(30-36-26)24-19-6-4-3-5-18(19)7-9-28-24)25(33)29-20(22(31)13-27)11-23(32)35-15-17-8-10-34-14-17/h3-10,14,16,20H,11-13,15H2,1-2H3,(H,29,33)/t20-,26+/m0/s1. The number of carbonyl (C=O) groups is 3. The number of carbonyl (C=O) groups excluding carboxylic acids is 3. The molecule has 9 nitrogen and oxygen atoms in total. The van der Waals surface area contributed by atoms with Gasteiger partial charge in [0.25, 0.3) is 5.91 Å². The van der Waals surface area contributed by atoms with Crippen molar-refractivity contribution in [2.45, 2.75) is 44.9 Å². The summed E-state index contributed by atoms with van der Waals surface area (Å²) in [6, 6.07) is 9.71. The molecule has 0 unspecified atom stereocenters. The zero-order valence-corrected chi connectivity index (χ0v) is 19.9. The number of fused-ring (bicyclic) bond motifs is 1. The zero-order chi connectivity index (χ0) is 25.7. The molecule has 0 saturated carbocycles. The molecule has 2 aromatic heterocycles. The molecule has 3 heterocycles. The van der Waals surface area contributed by atoms with Gasteiger partial charge in [-0.25, -0.2) is 4.39 Å². The number of halogens is 1. The summed E-state index contributed by atoms with van der Waals surface area (Å²) < 4.78 is 23.3. The van der Waals surface area contributed by atoms with Crippen LogP contribution < -0.4 is 5.32 Å². The second-order valence-electron chi connectivity index (χ2n) is 8.85. The molecule has 3 aromatic rings. The molecule has 1 aliphatic rings. The van der Waals surface area contributed by atoms with Gasteiger partial charge in [-0.3, -0.25) is 19.4 Å². The van der Waals surface area contributed by atoms with Crippen LogP contribution in [0.4, 0.5) is 4.39 Å². The highest BCUT2D eigenvalue weighted by Crippen LogP contribution is 2.35. The second kappa shape index (κ2) is 10.7. The van der Waals surface area contributed by atoms with Crippen LogP contribution >= 0.6 is 0 Å². The molecule has 1 aliphatic heterocycles. The first-order valence-corrected chi connectivity index (χ1v) is 11.5. The number of pyridine rings is 1. The predicted molar refractivity (Wildman–Crippen MR) is 128 cm³/mol. The van der Waals surface area contributed by atoms with Crippen LogP contribution in [0.2, 0.25) is 0 Å². The fourth-order valence-corrected chi connectivity index (χ4v) is 4.00. The van der Waals surface area contributed by atoms with E-state index in [1.165, 1.54) is 12.5 Å². The van der Waals surface area contributed by atoms with E-state index in [0.717, 1.165) is 10.8 Å². The second-order valence-corrected chi connectivity index (χ2v) is 8.85. The molecule has 1 aromatic carbocycles. The minimum Gasteiger partial charge on any atom is -0.472 e. The van der Waals surface area contributed by atoms with E-state index < -0.39 is 42.4 Å². The van der Waals surface area contributed by atoms with Crippen LogP contribution in [0.15, 0.2) is 64.7 Å². The van der Waals surface area contributed by atoms with Crippen molar-refractivity contribution < 1.29 is 32.8 Å². The Hall–Kier alpha value is -4.08. The van der Waals surface area contributed by atoms with E-state index in [2.05, 4.69) is 15.5 Å². The number of nitrogens with one attached hydrogen (secondary N) is 1. The van der Waals surface area contributed by atoms with Crippen LogP contribution in [-0.2, 0) is 30.6 Å². The number of rotatable bonds is 10. The molecule has 0 saturated heterocycles. The third-order valence-electron chi connectivity index (χ3n) is 6.19. The largest absolute Gasteiger partial charge is 0.472 e. The summed E-state index contributed by atoms with van der Waals surface area (Å²) in [7, 11) is 0. The number of amides is 1. The van der Waals surface area contributed by atoms with Crippen molar-refractivity contribution in [1.29, 1.82) is 0 Å². The molecule has 1 N–H and O–H groups in total. The number of furan rings is 1. The normalized spacial score (nSPS) is 17.9. The van der Waals surface area contributed by atoms with E-state index in [0.29, 0.717) is 17.0 Å². The molecular formula is C26H26FN3O6. The molecule has 2 atom stereocenters. The first-order valence-electron chi connectivity index (χ1n) is 11.5. The number of ether oxygens (including phenoxy) is 1. The molecule has 0 bridgehead atoms. The summed E-state index contributed by atoms with van der Waals surface area (Å²) >= 11 is 0. The van der Waals surface area contributed by atoms with Crippen LogP contribution in [0.25, 0.3) is 10.8 Å². The Balaban J connectivity index is 1.49. The fraction of sp³-hybridized carbons (Fsp3) is 0.346. The highest BCUT2D eigenvalue weighted by molar-refractivity contribution is 6.12. The molecule has 36 heavy (non-hydrogen) atoms. The van der Waals surface area contributed by atoms with E-state index in [9.17, 15) is 18.8 Å². The van der Waals surface area contributed by atoms with Crippen molar-refractivity contribution in [2.75, 3.05) is 6.67 Å². The Labute approximate surface area is 206 Å². The smallest absolute Gasteiger partial charge is 0.308 e. The van der Waals surface area contributed by atoms with Crippen molar-refractivity contribution in [3.8, 4) is 0 Å². The van der Waals surface area contributed by atoms with Crippen molar-refractivity contribution >= 4 is 34.1 Å². The third-order valence-corrected chi connectivity index (χ3v) is 6.19. The molecule has 0 aliphatic carbocycles. The zero-order valence-electron chi connectivity index (χ0n) is 19.9. The van der Waals surface area contributed by atoms with Gasteiger partial charge in [-0.15, -0.1) is 0 Å². The summed E-state index contributed by atoms with van der Waals surface area (Å²) in [5.41, 5.74) is 0.209. The SMILES string of the molecule is CC(C)[C@@]1(C(=O)N[C@@H](CC(=O)OCc2ccoc2)C(=O)CF)CC(c2nccc3ccccc23)=NO1. The predicted octanol–water partition coefficient (Wildman–Crippen LogP) is 3.50. The molecule has 4 rings (SSSR count). The van der Waals surface area contributed by atoms with Crippen molar-refractivity contribution in [1.82, 2.24) is 10.3 Å². The van der Waals surface area contributed by atoms with Crippen LogP contribution in [0.5, 0.6) is 0 Å². The minimum absolute atomic E-state index is 0.0753. The molecule has 10 heteroatoms. The van der Waals surface area contributed by atoms with Gasteiger partial charge in [0.15, 0.2) is 5.78 Å². The maximum atomic E-state index is 13.4. The van der Waals surface area contributed by atoms with Crippen molar-refractivity contribution in [3.63, 3.8) is 0 Å². The van der Waals surface area contributed by atoms with E-state index >= 15 is 0 Å². The number of hydrogen-bond donors (Lipinski definition) is 1. The van der Waals surface area contributed by atoms with Crippen LogP contribution in [0.3, 0.4) is 0 Å². The van der Waals surface area contributed by atoms with Crippen LogP contribution in [-0.4, -0.2) is 46.7 Å². The fourth-order valence-electron chi connectivity index (χ4n) is 4.00. The molecule has 1 amide bonds. The third kappa shape index (κ3) is 5.12. The summed E-state index contributed by atoms with van der Waals surface area (Å²) in [5.74, 6) is -2.77. The van der Waals surface area contributed by atoms with Gasteiger partial charge in [-0.2, -0.15) is 0 Å². The van der Waals surface area contributed by atoms with E-state index in [1.54, 1.807) is 26.1 Å². The van der Waals surface area contributed by atoms with Gasteiger partial charge in [0.05, 0.1) is 24.6 Å². The summed E-state index contributed by atoms with van der Waals surface area (Å²) in [6.07, 6.45) is 4.04. The number of aromatic nitrogens is 1. The maximum absolute atomic E-state index is 13.4. The van der Waals surface area contributed by atoms with E-state index in [-0.39, 0.29) is 18.9 Å². The Morgan fingerprint density at radius 2 is 2.00 bits per heavy atom. The number of esters is 1. The number of hydrogen-bond acceptors (Lipinski definition) is 8. The lowest BCUT2D eigenvalue weighted by Gasteiger charge is -2.30. The summed E-state index contributed by atoms with van der Waals surface area (Å²) in [5, 5.41) is 8.49. The lowest BCUT2D eigenvalue weighted by molar-refractivity contribution is -0.153. The van der Waals surface area contributed by atoms with Gasteiger partial charge < -0.3 is 19.3 Å². The summed E-state index contributed by atoms with van der Waals surface area (Å²) in [4.78, 5) is 48.1. The quantitative estimate of drug-likeness (QED) is 0.428. The number of ketones is 1. The Morgan fingerprint density at radius 3 is 2.72 bits per heavy atom. The van der Waals surface area contributed by atoms with E-state index in [1.807, 2.05) is 30.3 Å². The Bertz CT molecular complexity index is 1280. The van der Waals surface area contributed by atoms with Gasteiger partial charge in [0.2, 0.25) is 5.60 Å². The van der Waals surface area contributed by atoms with Crippen molar-refractivity contribution in [2.24, 2.45) is 11.1 Å². The van der Waals surface area contributed by atoms with Gasteiger partial charge in [0, 0.05) is 29.5 Å². The minimum atomic E-state index is -1.47. The monoisotopic (exact) mass is 495 g/mol. The average Bonchev–Trinajstić information content (AvgIpc) is 3.57.